The number of ether oxygens (including phenoxy) is 4. The van der Waals surface area contributed by atoms with Crippen molar-refractivity contribution in [2.45, 2.75) is 32.9 Å². The predicted molar refractivity (Wildman–Crippen MR) is 108 cm³/mol. The zero-order chi connectivity index (χ0) is 21.2. The Hall–Kier alpha value is -3.22. The number of carbonyl (C=O) groups is 2. The molecule has 156 valence electrons. The molecule has 0 aliphatic carbocycles. The highest BCUT2D eigenvalue weighted by atomic mass is 16.6. The standard InChI is InChI=1S/C22H27NO6/c1-15-5-8-18(9-6-15)28-12-11-21(24)29-16(2)22(25)23-14-17-7-10-19(26-3)20(13-17)27-4/h5-10,13,16H,11-12,14H2,1-4H3,(H,23,25)/t16-/m1/s1. The van der Waals surface area contributed by atoms with E-state index in [4.69, 9.17) is 18.9 Å². The third-order valence-corrected chi connectivity index (χ3v) is 4.19. The molecule has 0 fully saturated rings. The minimum absolute atomic E-state index is 0.0567. The van der Waals surface area contributed by atoms with E-state index in [0.717, 1.165) is 11.1 Å². The molecule has 2 rings (SSSR count). The Morgan fingerprint density at radius 3 is 2.34 bits per heavy atom. The van der Waals surface area contributed by atoms with Gasteiger partial charge in [0.15, 0.2) is 17.6 Å². The van der Waals surface area contributed by atoms with E-state index in [1.54, 1.807) is 26.4 Å². The average molecular weight is 401 g/mol. The van der Waals surface area contributed by atoms with E-state index < -0.39 is 12.1 Å². The molecule has 0 aliphatic heterocycles. The summed E-state index contributed by atoms with van der Waals surface area (Å²) < 4.78 is 21.1. The van der Waals surface area contributed by atoms with E-state index in [2.05, 4.69) is 5.32 Å². The van der Waals surface area contributed by atoms with Gasteiger partial charge in [0.05, 0.1) is 27.2 Å². The van der Waals surface area contributed by atoms with Gasteiger partial charge in [0.25, 0.3) is 5.91 Å². The van der Waals surface area contributed by atoms with Crippen LogP contribution in [0.2, 0.25) is 0 Å². The molecule has 0 saturated carbocycles. The SMILES string of the molecule is COc1ccc(CNC(=O)[C@@H](C)OC(=O)CCOc2ccc(C)cc2)cc1OC. The lowest BCUT2D eigenvalue weighted by molar-refractivity contribution is -0.155. The molecular formula is C22H27NO6. The lowest BCUT2D eigenvalue weighted by Gasteiger charge is -2.14. The van der Waals surface area contributed by atoms with Crippen LogP contribution in [0, 0.1) is 6.92 Å². The molecule has 2 aromatic carbocycles. The van der Waals surface area contributed by atoms with Crippen molar-refractivity contribution in [2.75, 3.05) is 20.8 Å². The molecule has 0 spiro atoms. The number of benzene rings is 2. The van der Waals surface area contributed by atoms with Gasteiger partial charge in [-0.2, -0.15) is 0 Å². The smallest absolute Gasteiger partial charge is 0.310 e. The Bertz CT molecular complexity index is 819. The van der Waals surface area contributed by atoms with Crippen molar-refractivity contribution in [3.05, 3.63) is 53.6 Å². The van der Waals surface area contributed by atoms with Crippen molar-refractivity contribution in [1.29, 1.82) is 0 Å². The Morgan fingerprint density at radius 1 is 1.00 bits per heavy atom. The fraction of sp³-hybridized carbons (Fsp3) is 0.364. The van der Waals surface area contributed by atoms with Crippen molar-refractivity contribution >= 4 is 11.9 Å². The molecule has 7 heteroatoms. The van der Waals surface area contributed by atoms with E-state index in [1.807, 2.05) is 37.3 Å². The topological polar surface area (TPSA) is 83.1 Å². The van der Waals surface area contributed by atoms with Crippen LogP contribution in [0.3, 0.4) is 0 Å². The van der Waals surface area contributed by atoms with Gasteiger partial charge in [-0.25, -0.2) is 0 Å². The minimum Gasteiger partial charge on any atom is -0.493 e. The summed E-state index contributed by atoms with van der Waals surface area (Å²) >= 11 is 0. The fourth-order valence-corrected chi connectivity index (χ4v) is 2.52. The first-order valence-electron chi connectivity index (χ1n) is 9.30. The normalized spacial score (nSPS) is 11.3. The second-order valence-corrected chi connectivity index (χ2v) is 6.45. The van der Waals surface area contributed by atoms with E-state index >= 15 is 0 Å². The van der Waals surface area contributed by atoms with Crippen molar-refractivity contribution < 1.29 is 28.5 Å². The van der Waals surface area contributed by atoms with Gasteiger partial charge in [0.1, 0.15) is 5.75 Å². The van der Waals surface area contributed by atoms with Crippen molar-refractivity contribution in [3.8, 4) is 17.2 Å². The number of carbonyl (C=O) groups excluding carboxylic acids is 2. The molecule has 0 saturated heterocycles. The van der Waals surface area contributed by atoms with Crippen LogP contribution >= 0.6 is 0 Å². The number of amides is 1. The first-order valence-corrected chi connectivity index (χ1v) is 9.30. The van der Waals surface area contributed by atoms with Crippen LogP contribution in [0.1, 0.15) is 24.5 Å². The van der Waals surface area contributed by atoms with Gasteiger partial charge in [-0.3, -0.25) is 9.59 Å². The first-order chi connectivity index (χ1) is 13.9. The summed E-state index contributed by atoms with van der Waals surface area (Å²) in [6.45, 7) is 3.97. The van der Waals surface area contributed by atoms with Gasteiger partial charge in [-0.05, 0) is 43.7 Å². The van der Waals surface area contributed by atoms with Crippen LogP contribution < -0.4 is 19.5 Å². The first kappa shape index (κ1) is 22.1. The predicted octanol–water partition coefficient (Wildman–Crippen LogP) is 3.03. The Labute approximate surface area is 170 Å². The van der Waals surface area contributed by atoms with E-state index in [0.29, 0.717) is 17.2 Å². The molecule has 1 amide bonds. The molecular weight excluding hydrogens is 374 g/mol. The highest BCUT2D eigenvalue weighted by Gasteiger charge is 2.17. The molecule has 1 atom stereocenters. The van der Waals surface area contributed by atoms with E-state index in [9.17, 15) is 9.59 Å². The monoisotopic (exact) mass is 401 g/mol. The average Bonchev–Trinajstić information content (AvgIpc) is 2.73. The van der Waals surface area contributed by atoms with Crippen molar-refractivity contribution in [1.82, 2.24) is 5.32 Å². The highest BCUT2D eigenvalue weighted by Crippen LogP contribution is 2.27. The molecule has 0 heterocycles. The molecule has 1 N–H and O–H groups in total. The number of methoxy groups -OCH3 is 2. The van der Waals surface area contributed by atoms with Crippen molar-refractivity contribution in [2.24, 2.45) is 0 Å². The largest absolute Gasteiger partial charge is 0.493 e. The second-order valence-electron chi connectivity index (χ2n) is 6.45. The van der Waals surface area contributed by atoms with Crippen LogP contribution in [-0.4, -0.2) is 38.8 Å². The van der Waals surface area contributed by atoms with Crippen LogP contribution in [0.15, 0.2) is 42.5 Å². The molecule has 0 unspecified atom stereocenters. The molecule has 2 aromatic rings. The lowest BCUT2D eigenvalue weighted by Crippen LogP contribution is -2.35. The van der Waals surface area contributed by atoms with Crippen molar-refractivity contribution in [3.63, 3.8) is 0 Å². The summed E-state index contributed by atoms with van der Waals surface area (Å²) in [5.74, 6) is 0.993. The van der Waals surface area contributed by atoms with E-state index in [1.165, 1.54) is 6.92 Å². The van der Waals surface area contributed by atoms with Crippen LogP contribution in [0.4, 0.5) is 0 Å². The summed E-state index contributed by atoms with van der Waals surface area (Å²) in [5, 5.41) is 2.74. The van der Waals surface area contributed by atoms with Gasteiger partial charge in [-0.1, -0.05) is 23.8 Å². The number of hydrogen-bond acceptors (Lipinski definition) is 6. The fourth-order valence-electron chi connectivity index (χ4n) is 2.52. The number of hydrogen-bond donors (Lipinski definition) is 1. The maximum atomic E-state index is 12.2. The van der Waals surface area contributed by atoms with Crippen LogP contribution in [0.25, 0.3) is 0 Å². The molecule has 0 aromatic heterocycles. The molecule has 29 heavy (non-hydrogen) atoms. The van der Waals surface area contributed by atoms with E-state index in [-0.39, 0.29) is 25.5 Å². The Balaban J connectivity index is 1.73. The zero-order valence-electron chi connectivity index (χ0n) is 17.2. The molecule has 7 nitrogen and oxygen atoms in total. The minimum atomic E-state index is -0.901. The van der Waals surface area contributed by atoms with Gasteiger partial charge < -0.3 is 24.3 Å². The highest BCUT2D eigenvalue weighted by molar-refractivity contribution is 5.83. The summed E-state index contributed by atoms with van der Waals surface area (Å²) in [4.78, 5) is 24.1. The van der Waals surface area contributed by atoms with Crippen LogP contribution in [-0.2, 0) is 20.9 Å². The number of rotatable bonds is 10. The zero-order valence-corrected chi connectivity index (χ0v) is 17.2. The summed E-state index contributed by atoms with van der Waals surface area (Å²) in [5.41, 5.74) is 1.96. The molecule has 0 radical (unpaired) electrons. The maximum Gasteiger partial charge on any atom is 0.310 e. The number of nitrogens with one attached hydrogen (secondary N) is 1. The quantitative estimate of drug-likeness (QED) is 0.616. The third-order valence-electron chi connectivity index (χ3n) is 4.19. The Morgan fingerprint density at radius 2 is 1.69 bits per heavy atom. The maximum absolute atomic E-state index is 12.2. The van der Waals surface area contributed by atoms with Gasteiger partial charge in [0, 0.05) is 6.54 Å². The third kappa shape index (κ3) is 7.03. The summed E-state index contributed by atoms with van der Waals surface area (Å²) in [6, 6.07) is 12.9. The summed E-state index contributed by atoms with van der Waals surface area (Å²) in [7, 11) is 3.10. The van der Waals surface area contributed by atoms with Gasteiger partial charge >= 0.3 is 5.97 Å². The Kier molecular flexibility index (Phi) is 8.33. The molecule has 0 aliphatic rings. The molecule has 0 bridgehead atoms. The van der Waals surface area contributed by atoms with Gasteiger partial charge in [-0.15, -0.1) is 0 Å². The lowest BCUT2D eigenvalue weighted by atomic mass is 10.2. The number of aryl methyl sites for hydroxylation is 1. The van der Waals surface area contributed by atoms with Crippen LogP contribution in [0.5, 0.6) is 17.2 Å². The second kappa shape index (κ2) is 10.9. The summed E-state index contributed by atoms with van der Waals surface area (Å²) in [6.07, 6.45) is -0.844. The van der Waals surface area contributed by atoms with Gasteiger partial charge in [0.2, 0.25) is 0 Å². The number of esters is 1.